The van der Waals surface area contributed by atoms with Crippen molar-refractivity contribution in [3.63, 3.8) is 0 Å². The smallest absolute Gasteiger partial charge is 0.325 e. The molecule has 2 aromatic carbocycles. The maximum atomic E-state index is 13.3. The van der Waals surface area contributed by atoms with E-state index >= 15 is 0 Å². The Kier molecular flexibility index (Phi) is 6.40. The van der Waals surface area contributed by atoms with Crippen LogP contribution in [0.3, 0.4) is 0 Å². The maximum absolute atomic E-state index is 13.3. The zero-order valence-corrected chi connectivity index (χ0v) is 17.6. The molecule has 1 heterocycles. The molecule has 7 nitrogen and oxygen atoms in total. The number of amides is 4. The fourth-order valence-electron chi connectivity index (χ4n) is 3.81. The molecule has 0 unspecified atom stereocenters. The van der Waals surface area contributed by atoms with E-state index in [1.54, 1.807) is 14.2 Å². The molecule has 0 spiro atoms. The Balaban J connectivity index is 1.77. The summed E-state index contributed by atoms with van der Waals surface area (Å²) in [6, 6.07) is 16.1. The van der Waals surface area contributed by atoms with Crippen LogP contribution in [0.25, 0.3) is 0 Å². The first-order chi connectivity index (χ1) is 14.4. The Morgan fingerprint density at radius 2 is 1.77 bits per heavy atom. The average Bonchev–Trinajstić information content (AvgIpc) is 3.00. The fourth-order valence-corrected chi connectivity index (χ4v) is 3.81. The number of carbonyl (C=O) groups excluding carboxylic acids is 3. The molecule has 1 saturated heterocycles. The molecular formula is C23H27N3O4. The van der Waals surface area contributed by atoms with Crippen LogP contribution in [-0.2, 0) is 21.7 Å². The molecular weight excluding hydrogens is 382 g/mol. The number of imide groups is 1. The molecule has 158 valence electrons. The second kappa shape index (κ2) is 8.98. The van der Waals surface area contributed by atoms with Crippen LogP contribution in [0.15, 0.2) is 54.6 Å². The minimum atomic E-state index is -1.13. The number of benzene rings is 2. The first-order valence-electron chi connectivity index (χ1n) is 9.98. The molecule has 0 bridgehead atoms. The van der Waals surface area contributed by atoms with E-state index in [-0.39, 0.29) is 18.4 Å². The number of hydrogen-bond donors (Lipinski definition) is 1. The highest BCUT2D eigenvalue weighted by atomic mass is 16.5. The van der Waals surface area contributed by atoms with E-state index < -0.39 is 11.6 Å². The van der Waals surface area contributed by atoms with Crippen molar-refractivity contribution in [1.82, 2.24) is 15.1 Å². The predicted molar refractivity (Wildman–Crippen MR) is 113 cm³/mol. The molecule has 0 aromatic heterocycles. The Labute approximate surface area is 176 Å². The number of para-hydroxylation sites is 1. The number of methoxy groups -OCH3 is 1. The number of nitrogens with one attached hydrogen (secondary N) is 1. The number of urea groups is 1. The van der Waals surface area contributed by atoms with Gasteiger partial charge >= 0.3 is 6.03 Å². The van der Waals surface area contributed by atoms with Crippen LogP contribution in [0.2, 0.25) is 0 Å². The number of ether oxygens (including phenoxy) is 1. The van der Waals surface area contributed by atoms with Crippen LogP contribution in [-0.4, -0.2) is 48.3 Å². The Morgan fingerprint density at radius 3 is 2.43 bits per heavy atom. The lowest BCUT2D eigenvalue weighted by atomic mass is 9.85. The van der Waals surface area contributed by atoms with Crippen LogP contribution in [0.5, 0.6) is 5.75 Å². The number of hydrogen-bond acceptors (Lipinski definition) is 4. The molecule has 1 atom stereocenters. The molecule has 1 N–H and O–H groups in total. The van der Waals surface area contributed by atoms with Gasteiger partial charge in [0.15, 0.2) is 0 Å². The highest BCUT2D eigenvalue weighted by Crippen LogP contribution is 2.33. The van der Waals surface area contributed by atoms with Gasteiger partial charge in [-0.2, -0.15) is 0 Å². The Bertz CT molecular complexity index is 931. The third-order valence-corrected chi connectivity index (χ3v) is 5.39. The van der Waals surface area contributed by atoms with Gasteiger partial charge in [0.2, 0.25) is 5.91 Å². The van der Waals surface area contributed by atoms with Crippen LogP contribution in [0.4, 0.5) is 4.79 Å². The van der Waals surface area contributed by atoms with Crippen LogP contribution in [0.1, 0.15) is 30.9 Å². The summed E-state index contributed by atoms with van der Waals surface area (Å²) in [4.78, 5) is 41.3. The van der Waals surface area contributed by atoms with E-state index in [1.807, 2.05) is 61.5 Å². The topological polar surface area (TPSA) is 79.0 Å². The van der Waals surface area contributed by atoms with Crippen molar-refractivity contribution in [2.24, 2.45) is 0 Å². The molecule has 2 aromatic rings. The van der Waals surface area contributed by atoms with Crippen molar-refractivity contribution in [1.29, 1.82) is 0 Å². The standard InChI is InChI=1S/C23H27N3O4/c1-4-14-23(18-11-6-5-7-12-18)21(28)26(22(29)24-23)16-20(27)25(2)15-17-10-8-9-13-19(17)30-3/h5-13H,4,14-16H2,1-3H3,(H,24,29)/t23-/m0/s1. The summed E-state index contributed by atoms with van der Waals surface area (Å²) in [6.45, 7) is 1.96. The molecule has 3 rings (SSSR count). The molecule has 30 heavy (non-hydrogen) atoms. The van der Waals surface area contributed by atoms with Crippen LogP contribution >= 0.6 is 0 Å². The van der Waals surface area contributed by atoms with Gasteiger partial charge in [-0.1, -0.05) is 61.9 Å². The SMILES string of the molecule is CCC[C@@]1(c2ccccc2)NC(=O)N(CC(=O)N(C)Cc2ccccc2OC)C1=O. The second-order valence-electron chi connectivity index (χ2n) is 7.40. The van der Waals surface area contributed by atoms with Crippen molar-refractivity contribution in [3.8, 4) is 5.75 Å². The van der Waals surface area contributed by atoms with Crippen LogP contribution in [0, 0.1) is 0 Å². The highest BCUT2D eigenvalue weighted by molar-refractivity contribution is 6.09. The van der Waals surface area contributed by atoms with E-state index in [2.05, 4.69) is 5.32 Å². The zero-order valence-electron chi connectivity index (χ0n) is 17.6. The van der Waals surface area contributed by atoms with Gasteiger partial charge in [0.1, 0.15) is 17.8 Å². The first-order valence-corrected chi connectivity index (χ1v) is 9.98. The number of rotatable bonds is 8. The van der Waals surface area contributed by atoms with E-state index in [9.17, 15) is 14.4 Å². The summed E-state index contributed by atoms with van der Waals surface area (Å²) >= 11 is 0. The van der Waals surface area contributed by atoms with Crippen molar-refractivity contribution in [2.45, 2.75) is 31.8 Å². The summed E-state index contributed by atoms with van der Waals surface area (Å²) < 4.78 is 5.33. The van der Waals surface area contributed by atoms with E-state index in [1.165, 1.54) is 4.90 Å². The van der Waals surface area contributed by atoms with E-state index in [4.69, 9.17) is 4.74 Å². The van der Waals surface area contributed by atoms with Crippen molar-refractivity contribution >= 4 is 17.8 Å². The van der Waals surface area contributed by atoms with Gasteiger partial charge in [-0.3, -0.25) is 14.5 Å². The maximum Gasteiger partial charge on any atom is 0.325 e. The van der Waals surface area contributed by atoms with Crippen LogP contribution < -0.4 is 10.1 Å². The third kappa shape index (κ3) is 4.01. The lowest BCUT2D eigenvalue weighted by Gasteiger charge is -2.27. The van der Waals surface area contributed by atoms with Gasteiger partial charge < -0.3 is 15.0 Å². The Hall–Kier alpha value is -3.35. The van der Waals surface area contributed by atoms with Gasteiger partial charge in [-0.25, -0.2) is 4.79 Å². The summed E-state index contributed by atoms with van der Waals surface area (Å²) in [7, 11) is 3.22. The highest BCUT2D eigenvalue weighted by Gasteiger charge is 2.52. The zero-order chi connectivity index (χ0) is 21.7. The average molecular weight is 409 g/mol. The Morgan fingerprint density at radius 1 is 1.10 bits per heavy atom. The van der Waals surface area contributed by atoms with Crippen molar-refractivity contribution in [2.75, 3.05) is 20.7 Å². The summed E-state index contributed by atoms with van der Waals surface area (Å²) in [6.07, 6.45) is 1.17. The second-order valence-corrected chi connectivity index (χ2v) is 7.40. The minimum Gasteiger partial charge on any atom is -0.496 e. The third-order valence-electron chi connectivity index (χ3n) is 5.39. The molecule has 1 fully saturated rings. The molecule has 4 amide bonds. The van der Waals surface area contributed by atoms with Gasteiger partial charge in [0.05, 0.1) is 7.11 Å². The molecule has 0 radical (unpaired) electrons. The van der Waals surface area contributed by atoms with Gasteiger partial charge in [-0.05, 0) is 18.1 Å². The summed E-state index contributed by atoms with van der Waals surface area (Å²) in [5, 5.41) is 2.84. The van der Waals surface area contributed by atoms with Gasteiger partial charge in [0, 0.05) is 19.2 Å². The monoisotopic (exact) mass is 409 g/mol. The van der Waals surface area contributed by atoms with Gasteiger partial charge in [-0.15, -0.1) is 0 Å². The van der Waals surface area contributed by atoms with E-state index in [0.717, 1.165) is 16.0 Å². The van der Waals surface area contributed by atoms with Crippen molar-refractivity contribution in [3.05, 3.63) is 65.7 Å². The normalized spacial score (nSPS) is 18.3. The van der Waals surface area contributed by atoms with Gasteiger partial charge in [0.25, 0.3) is 5.91 Å². The summed E-state index contributed by atoms with van der Waals surface area (Å²) in [5.41, 5.74) is 0.439. The lowest BCUT2D eigenvalue weighted by molar-refractivity contribution is -0.139. The molecule has 1 aliphatic heterocycles. The number of nitrogens with zero attached hydrogens (tertiary/aromatic N) is 2. The number of carbonyl (C=O) groups is 3. The van der Waals surface area contributed by atoms with Crippen molar-refractivity contribution < 1.29 is 19.1 Å². The molecule has 7 heteroatoms. The van der Waals surface area contributed by atoms with E-state index in [0.29, 0.717) is 25.1 Å². The largest absolute Gasteiger partial charge is 0.496 e. The lowest BCUT2D eigenvalue weighted by Crippen LogP contribution is -2.45. The molecule has 0 saturated carbocycles. The minimum absolute atomic E-state index is 0.311. The molecule has 1 aliphatic rings. The quantitative estimate of drug-likeness (QED) is 0.680. The predicted octanol–water partition coefficient (Wildman–Crippen LogP) is 2.90. The molecule has 0 aliphatic carbocycles. The first kappa shape index (κ1) is 21.4. The number of likely N-dealkylation sites (N-methyl/N-ethyl adjacent to an activating group) is 1. The fraction of sp³-hybridized carbons (Fsp3) is 0.348. The summed E-state index contributed by atoms with van der Waals surface area (Å²) in [5.74, 6) is -0.0393.